The van der Waals surface area contributed by atoms with E-state index in [1.165, 1.54) is 13.8 Å². The summed E-state index contributed by atoms with van der Waals surface area (Å²) in [5.74, 6) is -3.20. The van der Waals surface area contributed by atoms with Gasteiger partial charge in [0.05, 0.1) is 23.3 Å². The molecule has 1 rings (SSSR count). The Balaban J connectivity index is 3.23. The van der Waals surface area contributed by atoms with Crippen LogP contribution in [0.4, 0.5) is 0 Å². The van der Waals surface area contributed by atoms with Crippen molar-refractivity contribution in [1.29, 1.82) is 0 Å². The van der Waals surface area contributed by atoms with Crippen molar-refractivity contribution in [2.24, 2.45) is 11.8 Å². The first kappa shape index (κ1) is 23.9. The number of hydrogen-bond acceptors (Lipinski definition) is 4. The topological polar surface area (TPSA) is 52.6 Å². The maximum Gasteiger partial charge on any atom is 0.333 e. The van der Waals surface area contributed by atoms with Gasteiger partial charge in [0.1, 0.15) is 0 Å². The van der Waals surface area contributed by atoms with Crippen LogP contribution in [0, 0.1) is 11.8 Å². The molecule has 0 radical (unpaired) electrons. The first-order chi connectivity index (χ1) is 11.7. The smallest absolute Gasteiger partial charge is 0.333 e. The second-order valence-corrected chi connectivity index (χ2v) is 9.37. The number of halogens is 6. The highest BCUT2D eigenvalue weighted by Crippen LogP contribution is 2.59. The summed E-state index contributed by atoms with van der Waals surface area (Å²) < 4.78 is 6.71. The summed E-state index contributed by atoms with van der Waals surface area (Å²) in [7, 11) is 0. The minimum atomic E-state index is -1.78. The molecule has 0 fully saturated rings. The van der Waals surface area contributed by atoms with Crippen LogP contribution in [0.2, 0.25) is 0 Å². The highest BCUT2D eigenvalue weighted by atomic mass is 35.5. The van der Waals surface area contributed by atoms with Crippen LogP contribution in [-0.4, -0.2) is 33.8 Å². The van der Waals surface area contributed by atoms with Crippen LogP contribution < -0.4 is 0 Å². The van der Waals surface area contributed by atoms with Gasteiger partial charge in [-0.1, -0.05) is 82.8 Å². The zero-order valence-electron chi connectivity index (χ0n) is 13.9. The zero-order chi connectivity index (χ0) is 20.4. The molecule has 0 aromatic rings. The molecule has 0 aromatic carbocycles. The summed E-state index contributed by atoms with van der Waals surface area (Å²) in [5, 5.41) is -0.405. The lowest BCUT2D eigenvalue weighted by molar-refractivity contribution is -0.145. The number of esters is 2. The first-order valence-electron chi connectivity index (χ1n) is 7.21. The van der Waals surface area contributed by atoms with E-state index in [0.717, 1.165) is 0 Å². The number of allylic oxidation sites excluding steroid dienone is 2. The number of carbonyl (C=O) groups excluding carboxylic acids is 2. The monoisotopic (exact) mass is 482 g/mol. The third-order valence-electron chi connectivity index (χ3n) is 3.68. The Hall–Kier alpha value is -0.100. The summed E-state index contributed by atoms with van der Waals surface area (Å²) in [5.41, 5.74) is 0.340. The average Bonchev–Trinajstić information content (AvgIpc) is 2.53. The molecule has 0 N–H and O–H groups in total. The van der Waals surface area contributed by atoms with Crippen molar-refractivity contribution in [3.05, 3.63) is 34.4 Å². The third kappa shape index (κ3) is 5.03. The summed E-state index contributed by atoms with van der Waals surface area (Å²) in [6, 6.07) is 0. The molecule has 0 bridgehead atoms. The molecule has 0 aromatic heterocycles. The van der Waals surface area contributed by atoms with Crippen molar-refractivity contribution in [2.75, 3.05) is 13.2 Å². The molecular weight excluding hydrogens is 469 g/mol. The van der Waals surface area contributed by atoms with Crippen LogP contribution >= 0.6 is 69.6 Å². The molecule has 1 aliphatic rings. The Morgan fingerprint density at radius 1 is 0.846 bits per heavy atom. The molecule has 1 aliphatic carbocycles. The molecule has 26 heavy (non-hydrogen) atoms. The molecule has 0 saturated heterocycles. The van der Waals surface area contributed by atoms with Crippen LogP contribution in [0.3, 0.4) is 0 Å². The molecular formula is C16H16Cl6O4. The molecule has 0 heterocycles. The summed E-state index contributed by atoms with van der Waals surface area (Å²) in [6.07, 6.45) is 0. The number of carbonyl (C=O) groups is 2. The van der Waals surface area contributed by atoms with Gasteiger partial charge in [-0.15, -0.1) is 0 Å². The quantitative estimate of drug-likeness (QED) is 0.283. The number of alkyl halides is 4. The predicted molar refractivity (Wildman–Crippen MR) is 106 cm³/mol. The van der Waals surface area contributed by atoms with E-state index in [0.29, 0.717) is 0 Å². The number of hydrogen-bond donors (Lipinski definition) is 0. The van der Waals surface area contributed by atoms with E-state index < -0.39 is 32.4 Å². The molecule has 2 atom stereocenters. The van der Waals surface area contributed by atoms with Crippen molar-refractivity contribution in [2.45, 2.75) is 22.5 Å². The maximum atomic E-state index is 11.7. The molecule has 2 unspecified atom stereocenters. The van der Waals surface area contributed by atoms with E-state index in [2.05, 4.69) is 13.2 Å². The van der Waals surface area contributed by atoms with Gasteiger partial charge in [-0.2, -0.15) is 0 Å². The van der Waals surface area contributed by atoms with Gasteiger partial charge in [0.2, 0.25) is 0 Å². The summed E-state index contributed by atoms with van der Waals surface area (Å²) in [4.78, 5) is 23.4. The fourth-order valence-electron chi connectivity index (χ4n) is 2.14. The van der Waals surface area contributed by atoms with Crippen LogP contribution in [0.5, 0.6) is 0 Å². The van der Waals surface area contributed by atoms with Crippen molar-refractivity contribution >= 4 is 81.5 Å². The van der Waals surface area contributed by atoms with E-state index in [9.17, 15) is 9.59 Å². The van der Waals surface area contributed by atoms with Gasteiger partial charge in [-0.3, -0.25) is 0 Å². The summed E-state index contributed by atoms with van der Waals surface area (Å²) >= 11 is 37.7. The second-order valence-electron chi connectivity index (χ2n) is 5.84. The van der Waals surface area contributed by atoms with Crippen LogP contribution in [0.15, 0.2) is 34.4 Å². The van der Waals surface area contributed by atoms with Gasteiger partial charge in [0.25, 0.3) is 0 Å². The average molecular weight is 485 g/mol. The lowest BCUT2D eigenvalue weighted by atomic mass is 9.82. The summed E-state index contributed by atoms with van der Waals surface area (Å²) in [6.45, 7) is 9.29. The van der Waals surface area contributed by atoms with Gasteiger partial charge in [-0.05, 0) is 13.8 Å². The molecule has 4 nitrogen and oxygen atoms in total. The van der Waals surface area contributed by atoms with Gasteiger partial charge < -0.3 is 9.47 Å². The van der Waals surface area contributed by atoms with E-state index in [1.54, 1.807) is 0 Å². The Morgan fingerprint density at radius 3 is 1.35 bits per heavy atom. The van der Waals surface area contributed by atoms with E-state index in [1.807, 2.05) is 0 Å². The fourth-order valence-corrected chi connectivity index (χ4v) is 4.15. The van der Waals surface area contributed by atoms with Crippen molar-refractivity contribution < 1.29 is 19.1 Å². The third-order valence-corrected chi connectivity index (χ3v) is 7.01. The predicted octanol–water partition coefficient (Wildman–Crippen LogP) is 5.51. The SMILES string of the molecule is C=C(C)C(=O)OCC1C(COC(=O)C(=C)C)C(Cl)(Cl)C(Cl)=C(Cl)C1(Cl)Cl. The second kappa shape index (κ2) is 8.93. The Bertz CT molecular complexity index is 612. The first-order valence-corrected chi connectivity index (χ1v) is 9.48. The Kier molecular flexibility index (Phi) is 8.23. The largest absolute Gasteiger partial charge is 0.462 e. The lowest BCUT2D eigenvalue weighted by Gasteiger charge is -2.45. The van der Waals surface area contributed by atoms with Crippen molar-refractivity contribution in [3.63, 3.8) is 0 Å². The highest BCUT2D eigenvalue weighted by Gasteiger charge is 2.58. The molecule has 0 aliphatic heterocycles. The highest BCUT2D eigenvalue weighted by molar-refractivity contribution is 6.63. The number of ether oxygens (including phenoxy) is 2. The minimum absolute atomic E-state index is 0.170. The van der Waals surface area contributed by atoms with E-state index in [-0.39, 0.29) is 34.4 Å². The Morgan fingerprint density at radius 2 is 1.12 bits per heavy atom. The van der Waals surface area contributed by atoms with E-state index in [4.69, 9.17) is 79.1 Å². The maximum absolute atomic E-state index is 11.7. The Labute approximate surface area is 182 Å². The van der Waals surface area contributed by atoms with Gasteiger partial charge in [0.15, 0.2) is 8.67 Å². The lowest BCUT2D eigenvalue weighted by Crippen LogP contribution is -2.51. The molecule has 0 saturated carbocycles. The normalized spacial score (nSPS) is 24.0. The van der Waals surface area contributed by atoms with Crippen LogP contribution in [-0.2, 0) is 19.1 Å². The molecule has 146 valence electrons. The van der Waals surface area contributed by atoms with Crippen LogP contribution in [0.1, 0.15) is 13.8 Å². The fraction of sp³-hybridized carbons (Fsp3) is 0.500. The minimum Gasteiger partial charge on any atom is -0.462 e. The van der Waals surface area contributed by atoms with Gasteiger partial charge in [0, 0.05) is 23.0 Å². The van der Waals surface area contributed by atoms with Crippen molar-refractivity contribution in [1.82, 2.24) is 0 Å². The number of rotatable bonds is 6. The zero-order valence-corrected chi connectivity index (χ0v) is 18.4. The standard InChI is InChI=1S/C16H16Cl6O4/c1-7(2)13(23)25-5-9-10(6-26-14(24)8(3)4)16(21,22)12(18)11(17)15(9,19)20/h9-10H,1,3,5-6H2,2,4H3. The molecule has 0 spiro atoms. The van der Waals surface area contributed by atoms with Gasteiger partial charge in [-0.25, -0.2) is 9.59 Å². The van der Waals surface area contributed by atoms with E-state index >= 15 is 0 Å². The molecule has 10 heteroatoms. The van der Waals surface area contributed by atoms with Gasteiger partial charge >= 0.3 is 11.9 Å². The van der Waals surface area contributed by atoms with Crippen molar-refractivity contribution in [3.8, 4) is 0 Å². The van der Waals surface area contributed by atoms with Crippen LogP contribution in [0.25, 0.3) is 0 Å². The molecule has 0 amide bonds.